The van der Waals surface area contributed by atoms with Crippen LogP contribution >= 0.6 is 0 Å². The van der Waals surface area contributed by atoms with Gasteiger partial charge >= 0.3 is 0 Å². The van der Waals surface area contributed by atoms with Gasteiger partial charge in [0, 0.05) is 12.0 Å². The Morgan fingerprint density at radius 2 is 2.00 bits per heavy atom. The molecule has 0 amide bonds. The Bertz CT molecular complexity index is 378. The molecule has 1 heterocycles. The van der Waals surface area contributed by atoms with E-state index in [-0.39, 0.29) is 6.04 Å². The van der Waals surface area contributed by atoms with E-state index in [4.69, 9.17) is 10.3 Å². The van der Waals surface area contributed by atoms with E-state index >= 15 is 0 Å². The number of nitrogens with zero attached hydrogens (tertiary/aromatic N) is 2. The van der Waals surface area contributed by atoms with Crippen LogP contribution in [0.4, 0.5) is 0 Å². The van der Waals surface area contributed by atoms with Crippen molar-refractivity contribution in [1.82, 2.24) is 10.1 Å². The predicted octanol–water partition coefficient (Wildman–Crippen LogP) is 1.04. The van der Waals surface area contributed by atoms with Gasteiger partial charge in [0.05, 0.1) is 0 Å². The third kappa shape index (κ3) is 1.55. The van der Waals surface area contributed by atoms with Crippen LogP contribution in [0.2, 0.25) is 0 Å². The average Bonchev–Trinajstić information content (AvgIpc) is 2.82. The highest BCUT2D eigenvalue weighted by Gasteiger charge is 2.40. The van der Waals surface area contributed by atoms with Crippen molar-refractivity contribution in [3.63, 3.8) is 0 Å². The first kappa shape index (κ1) is 10.2. The van der Waals surface area contributed by atoms with Crippen LogP contribution in [0.25, 0.3) is 0 Å². The SMILES string of the molecule is NC1CC(c2noc(C3(O)CCCC3)n2)C1. The van der Waals surface area contributed by atoms with Gasteiger partial charge in [-0.1, -0.05) is 5.16 Å². The minimum atomic E-state index is -0.864. The third-order valence-electron chi connectivity index (χ3n) is 3.81. The smallest absolute Gasteiger partial charge is 0.258 e. The molecule has 0 aliphatic heterocycles. The van der Waals surface area contributed by atoms with Gasteiger partial charge in [-0.15, -0.1) is 0 Å². The molecule has 0 radical (unpaired) electrons. The monoisotopic (exact) mass is 223 g/mol. The average molecular weight is 223 g/mol. The van der Waals surface area contributed by atoms with Gasteiger partial charge in [-0.3, -0.25) is 0 Å². The van der Waals surface area contributed by atoms with E-state index in [0.29, 0.717) is 11.8 Å². The molecule has 2 fully saturated rings. The maximum absolute atomic E-state index is 10.3. The standard InChI is InChI=1S/C11H17N3O2/c12-8-5-7(6-8)9-13-10(16-14-9)11(15)3-1-2-4-11/h7-8,15H,1-6,12H2. The van der Waals surface area contributed by atoms with Crippen LogP contribution in [0, 0.1) is 0 Å². The first-order valence-corrected chi connectivity index (χ1v) is 5.99. The molecule has 0 atom stereocenters. The molecule has 2 saturated carbocycles. The van der Waals surface area contributed by atoms with Crippen LogP contribution in [0.15, 0.2) is 4.52 Å². The summed E-state index contributed by atoms with van der Waals surface area (Å²) in [5.41, 5.74) is 4.86. The zero-order valence-corrected chi connectivity index (χ0v) is 9.22. The molecule has 5 heteroatoms. The highest BCUT2D eigenvalue weighted by atomic mass is 16.5. The molecule has 16 heavy (non-hydrogen) atoms. The van der Waals surface area contributed by atoms with Gasteiger partial charge in [-0.2, -0.15) is 4.98 Å². The normalized spacial score (nSPS) is 32.6. The van der Waals surface area contributed by atoms with Gasteiger partial charge in [-0.25, -0.2) is 0 Å². The van der Waals surface area contributed by atoms with Crippen LogP contribution in [0.5, 0.6) is 0 Å². The molecule has 0 spiro atoms. The van der Waals surface area contributed by atoms with Crippen LogP contribution in [-0.4, -0.2) is 21.3 Å². The van der Waals surface area contributed by atoms with Gasteiger partial charge in [0.25, 0.3) is 5.89 Å². The van der Waals surface area contributed by atoms with E-state index in [2.05, 4.69) is 10.1 Å². The number of rotatable bonds is 2. The lowest BCUT2D eigenvalue weighted by Gasteiger charge is -2.29. The molecule has 3 rings (SSSR count). The molecule has 2 aliphatic rings. The van der Waals surface area contributed by atoms with E-state index in [1.165, 1.54) is 0 Å². The van der Waals surface area contributed by atoms with E-state index in [9.17, 15) is 5.11 Å². The fraction of sp³-hybridized carbons (Fsp3) is 0.818. The first-order chi connectivity index (χ1) is 7.67. The Morgan fingerprint density at radius 3 is 2.62 bits per heavy atom. The molecule has 88 valence electrons. The summed E-state index contributed by atoms with van der Waals surface area (Å²) in [6.07, 6.45) is 5.39. The second-order valence-electron chi connectivity index (χ2n) is 5.12. The molecular formula is C11H17N3O2. The molecule has 3 N–H and O–H groups in total. The van der Waals surface area contributed by atoms with E-state index in [1.54, 1.807) is 0 Å². The van der Waals surface area contributed by atoms with Crippen molar-refractivity contribution >= 4 is 0 Å². The fourth-order valence-corrected chi connectivity index (χ4v) is 2.64. The summed E-state index contributed by atoms with van der Waals surface area (Å²) >= 11 is 0. The number of nitrogens with two attached hydrogens (primary N) is 1. The number of aromatic nitrogens is 2. The van der Waals surface area contributed by atoms with Crippen LogP contribution in [-0.2, 0) is 5.60 Å². The van der Waals surface area contributed by atoms with Crippen molar-refractivity contribution in [2.75, 3.05) is 0 Å². The van der Waals surface area contributed by atoms with E-state index in [1.807, 2.05) is 0 Å². The Morgan fingerprint density at radius 1 is 1.31 bits per heavy atom. The van der Waals surface area contributed by atoms with Gasteiger partial charge in [0.1, 0.15) is 5.60 Å². The minimum Gasteiger partial charge on any atom is -0.380 e. The van der Waals surface area contributed by atoms with Crippen molar-refractivity contribution < 1.29 is 9.63 Å². The zero-order chi connectivity index (χ0) is 11.2. The molecule has 0 aromatic carbocycles. The Labute approximate surface area is 94.0 Å². The number of hydrogen-bond acceptors (Lipinski definition) is 5. The van der Waals surface area contributed by atoms with Crippen molar-refractivity contribution in [3.05, 3.63) is 11.7 Å². The molecule has 2 aliphatic carbocycles. The van der Waals surface area contributed by atoms with E-state index in [0.717, 1.165) is 44.3 Å². The zero-order valence-electron chi connectivity index (χ0n) is 9.22. The van der Waals surface area contributed by atoms with Crippen molar-refractivity contribution in [2.24, 2.45) is 5.73 Å². The fourth-order valence-electron chi connectivity index (χ4n) is 2.64. The van der Waals surface area contributed by atoms with Gasteiger partial charge in [0.2, 0.25) is 0 Å². The predicted molar refractivity (Wildman–Crippen MR) is 56.6 cm³/mol. The van der Waals surface area contributed by atoms with Crippen molar-refractivity contribution in [3.8, 4) is 0 Å². The summed E-state index contributed by atoms with van der Waals surface area (Å²) in [6.45, 7) is 0. The Kier molecular flexibility index (Phi) is 2.26. The lowest BCUT2D eigenvalue weighted by Crippen LogP contribution is -2.35. The maximum Gasteiger partial charge on any atom is 0.258 e. The summed E-state index contributed by atoms with van der Waals surface area (Å²) in [5, 5.41) is 14.2. The minimum absolute atomic E-state index is 0.279. The lowest BCUT2D eigenvalue weighted by atomic mass is 9.80. The van der Waals surface area contributed by atoms with Gasteiger partial charge in [0.15, 0.2) is 5.82 Å². The van der Waals surface area contributed by atoms with Crippen LogP contribution < -0.4 is 5.73 Å². The maximum atomic E-state index is 10.3. The molecule has 0 saturated heterocycles. The molecule has 0 bridgehead atoms. The first-order valence-electron chi connectivity index (χ1n) is 5.99. The van der Waals surface area contributed by atoms with Gasteiger partial charge < -0.3 is 15.4 Å². The Balaban J connectivity index is 1.77. The third-order valence-corrected chi connectivity index (χ3v) is 3.81. The molecular weight excluding hydrogens is 206 g/mol. The molecule has 1 aromatic rings. The quantitative estimate of drug-likeness (QED) is 0.782. The summed E-state index contributed by atoms with van der Waals surface area (Å²) in [5.74, 6) is 1.45. The Hall–Kier alpha value is -0.940. The number of aliphatic hydroxyl groups is 1. The second kappa shape index (κ2) is 3.53. The summed E-state index contributed by atoms with van der Waals surface area (Å²) in [7, 11) is 0. The topological polar surface area (TPSA) is 85.2 Å². The van der Waals surface area contributed by atoms with E-state index < -0.39 is 5.60 Å². The van der Waals surface area contributed by atoms with Crippen molar-refractivity contribution in [2.45, 2.75) is 56.1 Å². The highest BCUT2D eigenvalue weighted by Crippen LogP contribution is 2.39. The highest BCUT2D eigenvalue weighted by molar-refractivity contribution is 5.08. The second-order valence-corrected chi connectivity index (χ2v) is 5.12. The lowest BCUT2D eigenvalue weighted by molar-refractivity contribution is 0.0112. The molecule has 1 aromatic heterocycles. The van der Waals surface area contributed by atoms with Crippen LogP contribution in [0.1, 0.15) is 56.2 Å². The summed E-state index contributed by atoms with van der Waals surface area (Å²) < 4.78 is 5.19. The molecule has 0 unspecified atom stereocenters. The summed E-state index contributed by atoms with van der Waals surface area (Å²) in [6, 6.07) is 0.279. The van der Waals surface area contributed by atoms with Gasteiger partial charge in [-0.05, 0) is 38.5 Å². The summed E-state index contributed by atoms with van der Waals surface area (Å²) in [4.78, 5) is 4.34. The molecule has 5 nitrogen and oxygen atoms in total. The largest absolute Gasteiger partial charge is 0.380 e. The van der Waals surface area contributed by atoms with Crippen molar-refractivity contribution in [1.29, 1.82) is 0 Å². The van der Waals surface area contributed by atoms with Crippen LogP contribution in [0.3, 0.4) is 0 Å². The number of hydrogen-bond donors (Lipinski definition) is 2.